The molecule has 0 unspecified atom stereocenters. The molecule has 40 heavy (non-hydrogen) atoms. The number of rotatable bonds is 11. The molecule has 1 atom stereocenters. The Bertz CT molecular complexity index is 1270. The maximum absolute atomic E-state index is 14.2. The van der Waals surface area contributed by atoms with Crippen molar-refractivity contribution in [2.24, 2.45) is 0 Å². The molecule has 2 aromatic carbocycles. The molecule has 10 nitrogen and oxygen atoms in total. The van der Waals surface area contributed by atoms with Crippen molar-refractivity contribution in [3.63, 3.8) is 0 Å². The number of ether oxygens (including phenoxy) is 4. The average Bonchev–Trinajstić information content (AvgIpc) is 3.00. The molecule has 0 spiro atoms. The summed E-state index contributed by atoms with van der Waals surface area (Å²) in [6.07, 6.45) is 9.35. The average molecular weight is 549 g/mol. The second kappa shape index (κ2) is 13.6. The van der Waals surface area contributed by atoms with Crippen molar-refractivity contribution in [1.29, 1.82) is 0 Å². The lowest BCUT2D eigenvalue weighted by Gasteiger charge is -2.34. The summed E-state index contributed by atoms with van der Waals surface area (Å²) in [6, 6.07) is 9.75. The highest BCUT2D eigenvalue weighted by atomic mass is 16.5. The molecular weight excluding hydrogens is 512 g/mol. The summed E-state index contributed by atoms with van der Waals surface area (Å²) in [5.41, 5.74) is 1.33. The molecule has 2 amide bonds. The van der Waals surface area contributed by atoms with Crippen molar-refractivity contribution in [1.82, 2.24) is 20.2 Å². The highest BCUT2D eigenvalue weighted by Crippen LogP contribution is 2.41. The number of benzene rings is 2. The van der Waals surface area contributed by atoms with E-state index in [1.54, 1.807) is 19.2 Å². The van der Waals surface area contributed by atoms with Crippen LogP contribution in [0.5, 0.6) is 23.0 Å². The smallest absolute Gasteiger partial charge is 0.275 e. The fraction of sp³-hybridized carbons (Fsp3) is 0.400. The van der Waals surface area contributed by atoms with E-state index in [2.05, 4.69) is 15.3 Å². The van der Waals surface area contributed by atoms with Crippen LogP contribution in [-0.2, 0) is 11.3 Å². The standard InChI is InChI=1S/C30H36N4O6/c1-37-24-13-9-8-10-20(24)19-34(30(36)23-18-31-14-15-32-23)27(29(35)33-22-11-6-5-7-12-22)21-16-25(38-2)28(40-4)26(17-21)39-3/h8-10,13-18,22,27H,5-7,11-12,19H2,1-4H3,(H,33,35)/t27-/m0/s1. The van der Waals surface area contributed by atoms with E-state index in [-0.39, 0.29) is 24.2 Å². The molecule has 1 saturated carbocycles. The van der Waals surface area contributed by atoms with E-state index < -0.39 is 11.9 Å². The zero-order valence-corrected chi connectivity index (χ0v) is 23.4. The maximum Gasteiger partial charge on any atom is 0.275 e. The summed E-state index contributed by atoms with van der Waals surface area (Å²) in [4.78, 5) is 38.1. The summed E-state index contributed by atoms with van der Waals surface area (Å²) in [6.45, 7) is 0.0683. The first-order chi connectivity index (χ1) is 19.5. The second-order valence-corrected chi connectivity index (χ2v) is 9.54. The fourth-order valence-electron chi connectivity index (χ4n) is 5.11. The van der Waals surface area contributed by atoms with E-state index in [0.29, 0.717) is 28.6 Å². The molecule has 4 rings (SSSR count). The number of carbonyl (C=O) groups excluding carboxylic acids is 2. The van der Waals surface area contributed by atoms with Crippen molar-refractivity contribution >= 4 is 11.8 Å². The zero-order chi connectivity index (χ0) is 28.5. The van der Waals surface area contributed by atoms with Crippen LogP contribution in [0.1, 0.15) is 59.8 Å². The normalized spacial score (nSPS) is 14.1. The van der Waals surface area contributed by atoms with Gasteiger partial charge in [-0.05, 0) is 36.6 Å². The summed E-state index contributed by atoms with van der Waals surface area (Å²) < 4.78 is 22.3. The Hall–Kier alpha value is -4.34. The number of aromatic nitrogens is 2. The number of amides is 2. The Labute approximate surface area is 234 Å². The number of nitrogens with zero attached hydrogens (tertiary/aromatic N) is 3. The van der Waals surface area contributed by atoms with Crippen molar-refractivity contribution < 1.29 is 28.5 Å². The van der Waals surface area contributed by atoms with Crippen LogP contribution >= 0.6 is 0 Å². The van der Waals surface area contributed by atoms with Crippen LogP contribution in [0.4, 0.5) is 0 Å². The van der Waals surface area contributed by atoms with Gasteiger partial charge in [0.15, 0.2) is 11.5 Å². The first-order valence-corrected chi connectivity index (χ1v) is 13.3. The van der Waals surface area contributed by atoms with Crippen molar-refractivity contribution in [2.75, 3.05) is 28.4 Å². The Morgan fingerprint density at radius 2 is 1.60 bits per heavy atom. The Kier molecular flexibility index (Phi) is 9.77. The highest BCUT2D eigenvalue weighted by Gasteiger charge is 2.36. The molecule has 1 aromatic heterocycles. The molecule has 0 bridgehead atoms. The predicted molar refractivity (Wildman–Crippen MR) is 149 cm³/mol. The zero-order valence-electron chi connectivity index (χ0n) is 23.4. The van der Waals surface area contributed by atoms with Gasteiger partial charge in [0, 0.05) is 24.0 Å². The van der Waals surface area contributed by atoms with Crippen LogP contribution in [0.2, 0.25) is 0 Å². The molecule has 1 aliphatic rings. The lowest BCUT2D eigenvalue weighted by Crippen LogP contribution is -2.47. The molecular formula is C30H36N4O6. The van der Waals surface area contributed by atoms with Gasteiger partial charge in [-0.3, -0.25) is 14.6 Å². The Balaban J connectivity index is 1.87. The molecule has 3 aromatic rings. The first-order valence-electron chi connectivity index (χ1n) is 13.3. The monoisotopic (exact) mass is 548 g/mol. The summed E-state index contributed by atoms with van der Waals surface area (Å²) in [5, 5.41) is 3.21. The van der Waals surface area contributed by atoms with Gasteiger partial charge in [0.1, 0.15) is 17.5 Å². The van der Waals surface area contributed by atoms with Crippen LogP contribution in [0.25, 0.3) is 0 Å². The van der Waals surface area contributed by atoms with Gasteiger partial charge in [-0.2, -0.15) is 0 Å². The van der Waals surface area contributed by atoms with Crippen molar-refractivity contribution in [3.8, 4) is 23.0 Å². The van der Waals surface area contributed by atoms with Crippen LogP contribution in [0, 0.1) is 0 Å². The SMILES string of the molecule is COc1ccccc1CN(C(=O)c1cnccn1)[C@H](C(=O)NC1CCCCC1)c1cc(OC)c(OC)c(OC)c1. The molecule has 0 radical (unpaired) electrons. The van der Waals surface area contributed by atoms with Gasteiger partial charge in [0.05, 0.1) is 41.2 Å². The number of methoxy groups -OCH3 is 4. The molecule has 1 heterocycles. The first kappa shape index (κ1) is 28.7. The van der Waals surface area contributed by atoms with E-state index in [1.807, 2.05) is 24.3 Å². The number of nitrogens with one attached hydrogen (secondary N) is 1. The summed E-state index contributed by atoms with van der Waals surface area (Å²) in [7, 11) is 6.10. The topological polar surface area (TPSA) is 112 Å². The van der Waals surface area contributed by atoms with Crippen LogP contribution in [0.15, 0.2) is 55.0 Å². The van der Waals surface area contributed by atoms with E-state index in [9.17, 15) is 9.59 Å². The second-order valence-electron chi connectivity index (χ2n) is 9.54. The van der Waals surface area contributed by atoms with Crippen molar-refractivity contribution in [3.05, 3.63) is 71.8 Å². The van der Waals surface area contributed by atoms with Crippen molar-refractivity contribution in [2.45, 2.75) is 50.7 Å². The molecule has 1 fully saturated rings. The lowest BCUT2D eigenvalue weighted by atomic mass is 9.94. The molecule has 1 N–H and O–H groups in total. The molecule has 10 heteroatoms. The molecule has 0 aliphatic heterocycles. The fourth-order valence-corrected chi connectivity index (χ4v) is 5.11. The minimum Gasteiger partial charge on any atom is -0.496 e. The Morgan fingerprint density at radius 1 is 0.925 bits per heavy atom. The summed E-state index contributed by atoms with van der Waals surface area (Å²) in [5.74, 6) is 0.949. The van der Waals surface area contributed by atoms with Gasteiger partial charge in [0.2, 0.25) is 11.7 Å². The van der Waals surface area contributed by atoms with E-state index in [4.69, 9.17) is 18.9 Å². The third kappa shape index (κ3) is 6.44. The maximum atomic E-state index is 14.2. The van der Waals surface area contributed by atoms with Gasteiger partial charge in [0.25, 0.3) is 5.91 Å². The number of para-hydroxylation sites is 1. The Morgan fingerprint density at radius 3 is 2.20 bits per heavy atom. The minimum atomic E-state index is -1.06. The number of hydrogen-bond acceptors (Lipinski definition) is 8. The van der Waals surface area contributed by atoms with Crippen LogP contribution in [0.3, 0.4) is 0 Å². The van der Waals surface area contributed by atoms with Gasteiger partial charge in [-0.15, -0.1) is 0 Å². The molecule has 0 saturated heterocycles. The van der Waals surface area contributed by atoms with Gasteiger partial charge < -0.3 is 29.2 Å². The predicted octanol–water partition coefficient (Wildman–Crippen LogP) is 4.34. The van der Waals surface area contributed by atoms with Gasteiger partial charge >= 0.3 is 0 Å². The summed E-state index contributed by atoms with van der Waals surface area (Å²) >= 11 is 0. The number of hydrogen-bond donors (Lipinski definition) is 1. The third-order valence-corrected chi connectivity index (χ3v) is 7.09. The molecule has 1 aliphatic carbocycles. The van der Waals surface area contributed by atoms with Gasteiger partial charge in [-0.25, -0.2) is 4.98 Å². The number of carbonyl (C=O) groups is 2. The van der Waals surface area contributed by atoms with E-state index in [0.717, 1.165) is 37.7 Å². The third-order valence-electron chi connectivity index (χ3n) is 7.09. The quantitative estimate of drug-likeness (QED) is 0.377. The highest BCUT2D eigenvalue weighted by molar-refractivity contribution is 5.96. The lowest BCUT2D eigenvalue weighted by molar-refractivity contribution is -0.127. The van der Waals surface area contributed by atoms with E-state index >= 15 is 0 Å². The van der Waals surface area contributed by atoms with Crippen LogP contribution in [-0.4, -0.2) is 61.2 Å². The molecule has 212 valence electrons. The van der Waals surface area contributed by atoms with E-state index in [1.165, 1.54) is 44.8 Å². The van der Waals surface area contributed by atoms with Gasteiger partial charge in [-0.1, -0.05) is 37.5 Å². The largest absolute Gasteiger partial charge is 0.496 e. The van der Waals surface area contributed by atoms with Crippen LogP contribution < -0.4 is 24.3 Å². The minimum absolute atomic E-state index is 0.0190.